The van der Waals surface area contributed by atoms with Crippen LogP contribution in [0, 0.1) is 18.3 Å². The molecule has 1 aromatic heterocycles. The van der Waals surface area contributed by atoms with Gasteiger partial charge in [-0.3, -0.25) is 4.79 Å². The summed E-state index contributed by atoms with van der Waals surface area (Å²) in [5.41, 5.74) is 2.31. The van der Waals surface area contributed by atoms with Crippen LogP contribution in [-0.4, -0.2) is 17.4 Å². The van der Waals surface area contributed by atoms with E-state index >= 15 is 0 Å². The van der Waals surface area contributed by atoms with Crippen molar-refractivity contribution in [3.05, 3.63) is 59.3 Å². The molecule has 0 fully saturated rings. The van der Waals surface area contributed by atoms with E-state index in [2.05, 4.69) is 21.7 Å². The van der Waals surface area contributed by atoms with Crippen LogP contribution in [0.25, 0.3) is 0 Å². The fourth-order valence-electron chi connectivity index (χ4n) is 1.85. The van der Waals surface area contributed by atoms with E-state index in [1.165, 1.54) is 0 Å². The van der Waals surface area contributed by atoms with Crippen molar-refractivity contribution in [3.63, 3.8) is 0 Å². The van der Waals surface area contributed by atoms with Gasteiger partial charge in [0.2, 0.25) is 5.91 Å². The monoisotopic (exact) mass is 280 g/mol. The molecule has 21 heavy (non-hydrogen) atoms. The third kappa shape index (κ3) is 4.62. The van der Waals surface area contributed by atoms with E-state index < -0.39 is 0 Å². The maximum Gasteiger partial charge on any atom is 0.239 e. The number of aryl methyl sites for hydroxylation is 1. The highest BCUT2D eigenvalue weighted by atomic mass is 16.1. The number of amides is 1. The lowest BCUT2D eigenvalue weighted by atomic mass is 10.2. The first-order valence-electron chi connectivity index (χ1n) is 6.60. The van der Waals surface area contributed by atoms with Crippen molar-refractivity contribution in [2.45, 2.75) is 13.5 Å². The second-order valence-electron chi connectivity index (χ2n) is 4.61. The average molecular weight is 280 g/mol. The van der Waals surface area contributed by atoms with Gasteiger partial charge in [0.25, 0.3) is 0 Å². The van der Waals surface area contributed by atoms with Gasteiger partial charge < -0.3 is 10.6 Å². The first kappa shape index (κ1) is 14.5. The number of hydrogen-bond donors (Lipinski definition) is 2. The summed E-state index contributed by atoms with van der Waals surface area (Å²) in [7, 11) is 0. The fourth-order valence-corrected chi connectivity index (χ4v) is 1.85. The van der Waals surface area contributed by atoms with E-state index in [4.69, 9.17) is 5.26 Å². The van der Waals surface area contributed by atoms with Crippen LogP contribution in [0.15, 0.2) is 42.5 Å². The molecule has 0 radical (unpaired) electrons. The SMILES string of the molecule is Cc1cc(C#N)cc(NCC(=O)NCc2ccccc2)n1. The predicted octanol–water partition coefficient (Wildman–Crippen LogP) is 1.99. The van der Waals surface area contributed by atoms with E-state index in [-0.39, 0.29) is 12.5 Å². The lowest BCUT2D eigenvalue weighted by molar-refractivity contribution is -0.119. The van der Waals surface area contributed by atoms with Crippen molar-refractivity contribution in [1.82, 2.24) is 10.3 Å². The second-order valence-corrected chi connectivity index (χ2v) is 4.61. The average Bonchev–Trinajstić information content (AvgIpc) is 2.51. The third-order valence-electron chi connectivity index (χ3n) is 2.85. The largest absolute Gasteiger partial charge is 0.361 e. The summed E-state index contributed by atoms with van der Waals surface area (Å²) in [6.45, 7) is 2.42. The zero-order chi connectivity index (χ0) is 15.1. The van der Waals surface area contributed by atoms with Crippen LogP contribution < -0.4 is 10.6 Å². The van der Waals surface area contributed by atoms with Crippen LogP contribution in [-0.2, 0) is 11.3 Å². The lowest BCUT2D eigenvalue weighted by Crippen LogP contribution is -2.29. The van der Waals surface area contributed by atoms with Gasteiger partial charge in [0.05, 0.1) is 18.2 Å². The van der Waals surface area contributed by atoms with E-state index in [9.17, 15) is 4.79 Å². The minimum absolute atomic E-state index is 0.119. The van der Waals surface area contributed by atoms with Crippen molar-refractivity contribution in [1.29, 1.82) is 5.26 Å². The second kappa shape index (κ2) is 7.06. The quantitative estimate of drug-likeness (QED) is 0.878. The molecule has 0 saturated heterocycles. The summed E-state index contributed by atoms with van der Waals surface area (Å²) >= 11 is 0. The molecule has 0 aliphatic heterocycles. The van der Waals surface area contributed by atoms with Gasteiger partial charge in [0.1, 0.15) is 5.82 Å². The minimum Gasteiger partial charge on any atom is -0.361 e. The number of carbonyl (C=O) groups excluding carboxylic acids is 1. The zero-order valence-electron chi connectivity index (χ0n) is 11.8. The molecule has 5 heteroatoms. The Morgan fingerprint density at radius 2 is 2.05 bits per heavy atom. The zero-order valence-corrected chi connectivity index (χ0v) is 11.8. The van der Waals surface area contributed by atoms with Crippen molar-refractivity contribution in [3.8, 4) is 6.07 Å². The maximum atomic E-state index is 11.8. The van der Waals surface area contributed by atoms with Crippen LogP contribution >= 0.6 is 0 Å². The predicted molar refractivity (Wildman–Crippen MR) is 80.5 cm³/mol. The summed E-state index contributed by atoms with van der Waals surface area (Å²) in [4.78, 5) is 16.0. The Morgan fingerprint density at radius 1 is 1.29 bits per heavy atom. The molecule has 2 rings (SSSR count). The molecule has 5 nitrogen and oxygen atoms in total. The molecule has 0 atom stereocenters. The summed E-state index contributed by atoms with van der Waals surface area (Å²) < 4.78 is 0. The number of nitrogens with zero attached hydrogens (tertiary/aromatic N) is 2. The van der Waals surface area contributed by atoms with Crippen LogP contribution in [0.2, 0.25) is 0 Å². The number of nitrogens with one attached hydrogen (secondary N) is 2. The van der Waals surface area contributed by atoms with Crippen LogP contribution in [0.4, 0.5) is 5.82 Å². The molecule has 0 unspecified atom stereocenters. The number of hydrogen-bond acceptors (Lipinski definition) is 4. The van der Waals surface area contributed by atoms with Crippen molar-refractivity contribution in [2.24, 2.45) is 0 Å². The molecule has 106 valence electrons. The number of anilines is 1. The molecular weight excluding hydrogens is 264 g/mol. The van der Waals surface area contributed by atoms with Gasteiger partial charge in [0, 0.05) is 12.2 Å². The third-order valence-corrected chi connectivity index (χ3v) is 2.85. The van der Waals surface area contributed by atoms with Crippen molar-refractivity contribution in [2.75, 3.05) is 11.9 Å². The van der Waals surface area contributed by atoms with Gasteiger partial charge in [-0.15, -0.1) is 0 Å². The standard InChI is InChI=1S/C16H16N4O/c1-12-7-14(9-17)8-15(20-12)18-11-16(21)19-10-13-5-3-2-4-6-13/h2-8H,10-11H2,1H3,(H,18,20)(H,19,21). The van der Waals surface area contributed by atoms with E-state index in [0.717, 1.165) is 11.3 Å². The molecule has 0 bridgehead atoms. The van der Waals surface area contributed by atoms with E-state index in [1.54, 1.807) is 12.1 Å². The Kier molecular flexibility index (Phi) is 4.89. The van der Waals surface area contributed by atoms with Crippen molar-refractivity contribution < 1.29 is 4.79 Å². The highest BCUT2D eigenvalue weighted by Crippen LogP contribution is 2.08. The Morgan fingerprint density at radius 3 is 2.76 bits per heavy atom. The van der Waals surface area contributed by atoms with Gasteiger partial charge in [-0.05, 0) is 24.6 Å². The summed E-state index contributed by atoms with van der Waals surface area (Å²) in [5.74, 6) is 0.405. The Hall–Kier alpha value is -2.87. The van der Waals surface area contributed by atoms with Crippen LogP contribution in [0.5, 0.6) is 0 Å². The molecule has 1 amide bonds. The Bertz CT molecular complexity index is 662. The van der Waals surface area contributed by atoms with Gasteiger partial charge >= 0.3 is 0 Å². The number of carbonyl (C=O) groups is 1. The van der Waals surface area contributed by atoms with Crippen LogP contribution in [0.1, 0.15) is 16.8 Å². The molecule has 1 aromatic carbocycles. The van der Waals surface area contributed by atoms with E-state index in [0.29, 0.717) is 17.9 Å². The molecule has 2 N–H and O–H groups in total. The van der Waals surface area contributed by atoms with Gasteiger partial charge in [-0.1, -0.05) is 30.3 Å². The summed E-state index contributed by atoms with van der Waals surface area (Å²) in [6.07, 6.45) is 0. The topological polar surface area (TPSA) is 77.8 Å². The highest BCUT2D eigenvalue weighted by molar-refractivity contribution is 5.80. The number of benzene rings is 1. The molecule has 0 aliphatic rings. The molecule has 0 spiro atoms. The van der Waals surface area contributed by atoms with Gasteiger partial charge in [-0.2, -0.15) is 5.26 Å². The Balaban J connectivity index is 1.84. The number of pyridine rings is 1. The molecule has 1 heterocycles. The number of nitriles is 1. The molecule has 0 aliphatic carbocycles. The van der Waals surface area contributed by atoms with Gasteiger partial charge in [-0.25, -0.2) is 4.98 Å². The first-order valence-corrected chi connectivity index (χ1v) is 6.60. The number of aromatic nitrogens is 1. The summed E-state index contributed by atoms with van der Waals surface area (Å²) in [5, 5.41) is 14.6. The molecule has 2 aromatic rings. The van der Waals surface area contributed by atoms with E-state index in [1.807, 2.05) is 37.3 Å². The lowest BCUT2D eigenvalue weighted by Gasteiger charge is -2.08. The normalized spacial score (nSPS) is 9.71. The van der Waals surface area contributed by atoms with Crippen molar-refractivity contribution >= 4 is 11.7 Å². The minimum atomic E-state index is -0.124. The maximum absolute atomic E-state index is 11.8. The molecule has 0 saturated carbocycles. The fraction of sp³-hybridized carbons (Fsp3) is 0.188. The first-order chi connectivity index (χ1) is 10.2. The Labute approximate surface area is 123 Å². The smallest absolute Gasteiger partial charge is 0.239 e. The summed E-state index contributed by atoms with van der Waals surface area (Å²) in [6, 6.07) is 15.1. The molecular formula is C16H16N4O. The van der Waals surface area contributed by atoms with Crippen LogP contribution in [0.3, 0.4) is 0 Å². The highest BCUT2D eigenvalue weighted by Gasteiger charge is 2.03. The number of rotatable bonds is 5. The van der Waals surface area contributed by atoms with Gasteiger partial charge in [0.15, 0.2) is 0 Å².